The lowest BCUT2D eigenvalue weighted by atomic mass is 10.2. The number of rotatable bonds is 7. The number of aromatic amines is 1. The Morgan fingerprint density at radius 3 is 2.71 bits per heavy atom. The molecule has 2 N–H and O–H groups in total. The van der Waals surface area contributed by atoms with Gasteiger partial charge in [-0.1, -0.05) is 24.0 Å². The average molecular weight is 416 g/mol. The van der Waals surface area contributed by atoms with Crippen LogP contribution in [0, 0.1) is 6.92 Å². The van der Waals surface area contributed by atoms with E-state index in [1.165, 1.54) is 23.1 Å². The number of hydrogen-bond acceptors (Lipinski definition) is 5. The van der Waals surface area contributed by atoms with Crippen molar-refractivity contribution in [3.63, 3.8) is 0 Å². The molecule has 0 fully saturated rings. The number of nitrogens with zero attached hydrogens (tertiary/aromatic N) is 2. The van der Waals surface area contributed by atoms with Gasteiger partial charge in [0.25, 0.3) is 0 Å². The Bertz CT molecular complexity index is 1070. The molecule has 0 aliphatic carbocycles. The van der Waals surface area contributed by atoms with Crippen LogP contribution in [0.1, 0.15) is 4.88 Å². The molecule has 0 spiro atoms. The molecule has 0 bridgehead atoms. The summed E-state index contributed by atoms with van der Waals surface area (Å²) in [4.78, 5) is 32.3. The Morgan fingerprint density at radius 2 is 2.07 bits per heavy atom. The Kier molecular flexibility index (Phi) is 6.21. The number of allylic oxidation sites excluding steroid dienone is 1. The van der Waals surface area contributed by atoms with Crippen LogP contribution in [0.4, 0.5) is 11.4 Å². The van der Waals surface area contributed by atoms with Crippen LogP contribution in [0.3, 0.4) is 0 Å². The summed E-state index contributed by atoms with van der Waals surface area (Å²) < 4.78 is 1.62. The molecule has 1 amide bonds. The molecule has 2 heterocycles. The smallest absolute Gasteiger partial charge is 0.347 e. The fraction of sp³-hybridized carbons (Fsp3) is 0.250. The van der Waals surface area contributed by atoms with Crippen LogP contribution in [-0.4, -0.2) is 30.3 Å². The zero-order valence-electron chi connectivity index (χ0n) is 16.1. The van der Waals surface area contributed by atoms with E-state index in [9.17, 15) is 9.59 Å². The van der Waals surface area contributed by atoms with Gasteiger partial charge in [-0.25, -0.2) is 9.78 Å². The van der Waals surface area contributed by atoms with E-state index in [4.69, 9.17) is 0 Å². The summed E-state index contributed by atoms with van der Waals surface area (Å²) in [6, 6.07) is 9.53. The number of nitrogens with one attached hydrogen (secondary N) is 2. The van der Waals surface area contributed by atoms with Gasteiger partial charge in [-0.05, 0) is 49.0 Å². The van der Waals surface area contributed by atoms with Gasteiger partial charge >= 0.3 is 10.7 Å². The van der Waals surface area contributed by atoms with Crippen molar-refractivity contribution in [2.75, 3.05) is 30.1 Å². The lowest BCUT2D eigenvalue weighted by Crippen LogP contribution is -2.29. The third kappa shape index (κ3) is 4.45. The standard InChI is InChI=1S/C20H22N4O2S2/c1-5-10-24-19(26)16-11-13(2)28-18(16)22-20(24)27-12-17(25)21-14-6-8-15(9-7-14)23(3)4/h5-9,11H,1,10,12H2,2-4H3,(H,21,25)/p+1. The minimum absolute atomic E-state index is 0.0693. The maximum Gasteiger partial charge on any atom is 0.347 e. The highest BCUT2D eigenvalue weighted by molar-refractivity contribution is 7.99. The van der Waals surface area contributed by atoms with Crippen molar-refractivity contribution >= 4 is 50.6 Å². The van der Waals surface area contributed by atoms with Crippen LogP contribution in [0.25, 0.3) is 10.2 Å². The summed E-state index contributed by atoms with van der Waals surface area (Å²) in [6.07, 6.45) is 1.68. The van der Waals surface area contributed by atoms with E-state index in [0.29, 0.717) is 17.1 Å². The van der Waals surface area contributed by atoms with Crippen molar-refractivity contribution in [3.05, 3.63) is 58.2 Å². The summed E-state index contributed by atoms with van der Waals surface area (Å²) >= 11 is 2.84. The van der Waals surface area contributed by atoms with Gasteiger partial charge in [-0.2, -0.15) is 4.57 Å². The average Bonchev–Trinajstić information content (AvgIpc) is 3.04. The van der Waals surface area contributed by atoms with Gasteiger partial charge in [0.05, 0.1) is 5.75 Å². The second kappa shape index (κ2) is 8.62. The quantitative estimate of drug-likeness (QED) is 0.366. The number of hydrogen-bond donors (Lipinski definition) is 1. The number of amides is 1. The van der Waals surface area contributed by atoms with Crippen LogP contribution in [0.5, 0.6) is 0 Å². The van der Waals surface area contributed by atoms with Crippen LogP contribution in [0.15, 0.2) is 52.9 Å². The maximum atomic E-state index is 12.8. The first-order chi connectivity index (χ1) is 13.4. The molecule has 1 aromatic carbocycles. The molecule has 2 aromatic heterocycles. The van der Waals surface area contributed by atoms with E-state index >= 15 is 0 Å². The molecule has 146 valence electrons. The van der Waals surface area contributed by atoms with Crippen LogP contribution < -0.4 is 20.8 Å². The third-order valence-corrected chi connectivity index (χ3v) is 6.08. The third-order valence-electron chi connectivity index (χ3n) is 4.12. The first-order valence-electron chi connectivity index (χ1n) is 8.76. The number of anilines is 2. The lowest BCUT2D eigenvalue weighted by Gasteiger charge is -2.13. The van der Waals surface area contributed by atoms with Crippen LogP contribution in [-0.2, 0) is 11.3 Å². The van der Waals surface area contributed by atoms with Crippen molar-refractivity contribution in [2.24, 2.45) is 0 Å². The normalized spacial score (nSPS) is 10.8. The second-order valence-corrected chi connectivity index (χ2v) is 8.73. The molecule has 0 aliphatic rings. The van der Waals surface area contributed by atoms with E-state index in [1.807, 2.05) is 56.3 Å². The number of H-pyrrole nitrogens is 1. The first kappa shape index (κ1) is 20.2. The van der Waals surface area contributed by atoms with Gasteiger partial charge in [-0.15, -0.1) is 0 Å². The van der Waals surface area contributed by atoms with E-state index in [2.05, 4.69) is 16.9 Å². The maximum absolute atomic E-state index is 12.8. The van der Waals surface area contributed by atoms with Crippen molar-refractivity contribution in [1.82, 2.24) is 4.57 Å². The Hall–Kier alpha value is -2.58. The molecule has 0 atom stereocenters. The molecule has 0 saturated heterocycles. The molecule has 28 heavy (non-hydrogen) atoms. The van der Waals surface area contributed by atoms with Crippen LogP contribution in [0.2, 0.25) is 0 Å². The zero-order valence-corrected chi connectivity index (χ0v) is 17.7. The molecule has 0 saturated carbocycles. The number of aryl methyl sites for hydroxylation is 1. The second-order valence-electron chi connectivity index (χ2n) is 6.51. The fourth-order valence-corrected chi connectivity index (χ4v) is 4.55. The number of carbonyl (C=O) groups excluding carboxylic acids is 1. The number of thiophene rings is 1. The first-order valence-corrected chi connectivity index (χ1v) is 10.6. The minimum Gasteiger partial charge on any atom is -0.378 e. The topological polar surface area (TPSA) is 68.5 Å². The van der Waals surface area contributed by atoms with E-state index in [1.54, 1.807) is 10.6 Å². The summed E-state index contributed by atoms with van der Waals surface area (Å²) in [6.45, 7) is 6.09. The SMILES string of the molecule is C=CCn1c(SCC(=O)Nc2ccc(N(C)C)cc2)[nH+]c2sc(C)cc2c1=O. The lowest BCUT2D eigenvalue weighted by molar-refractivity contribution is -0.404. The van der Waals surface area contributed by atoms with Gasteiger partial charge in [0.15, 0.2) is 4.83 Å². The fourth-order valence-electron chi connectivity index (χ4n) is 2.75. The highest BCUT2D eigenvalue weighted by atomic mass is 32.2. The monoisotopic (exact) mass is 415 g/mol. The van der Waals surface area contributed by atoms with Gasteiger partial charge in [0, 0.05) is 30.3 Å². The van der Waals surface area contributed by atoms with Crippen molar-refractivity contribution in [3.8, 4) is 0 Å². The van der Waals surface area contributed by atoms with Gasteiger partial charge in [0.2, 0.25) is 5.91 Å². The van der Waals surface area contributed by atoms with Gasteiger partial charge in [0.1, 0.15) is 11.9 Å². The molecule has 3 rings (SSSR count). The van der Waals surface area contributed by atoms with Gasteiger partial charge < -0.3 is 10.2 Å². The minimum atomic E-state index is -0.129. The van der Waals surface area contributed by atoms with Crippen molar-refractivity contribution < 1.29 is 9.78 Å². The van der Waals surface area contributed by atoms with Crippen molar-refractivity contribution in [2.45, 2.75) is 18.6 Å². The molecule has 0 aliphatic heterocycles. The van der Waals surface area contributed by atoms with E-state index < -0.39 is 0 Å². The molecular weight excluding hydrogens is 392 g/mol. The number of thioether (sulfide) groups is 1. The van der Waals surface area contributed by atoms with Crippen LogP contribution >= 0.6 is 23.1 Å². The van der Waals surface area contributed by atoms with Gasteiger partial charge in [-0.3, -0.25) is 4.79 Å². The van der Waals surface area contributed by atoms with E-state index in [0.717, 1.165) is 21.1 Å². The molecule has 0 unspecified atom stereocenters. The predicted octanol–water partition coefficient (Wildman–Crippen LogP) is 3.17. The Balaban J connectivity index is 1.75. The highest BCUT2D eigenvalue weighted by Gasteiger charge is 2.20. The highest BCUT2D eigenvalue weighted by Crippen LogP contribution is 2.21. The summed E-state index contributed by atoms with van der Waals surface area (Å²) in [5.74, 6) is 0.0642. The number of fused-ring (bicyclic) bond motifs is 1. The zero-order chi connectivity index (χ0) is 20.3. The van der Waals surface area contributed by atoms with Crippen molar-refractivity contribution in [1.29, 1.82) is 0 Å². The Morgan fingerprint density at radius 1 is 1.36 bits per heavy atom. The molecule has 0 radical (unpaired) electrons. The molecule has 6 nitrogen and oxygen atoms in total. The number of carbonyl (C=O) groups is 1. The Labute approximate surface area is 171 Å². The largest absolute Gasteiger partial charge is 0.378 e. The predicted molar refractivity (Wildman–Crippen MR) is 118 cm³/mol. The summed E-state index contributed by atoms with van der Waals surface area (Å²) in [5.41, 5.74) is 1.74. The number of aromatic nitrogens is 2. The molecular formula is C20H23N4O2S2+. The molecule has 8 heteroatoms. The van der Waals surface area contributed by atoms with E-state index in [-0.39, 0.29) is 17.2 Å². The summed E-state index contributed by atoms with van der Waals surface area (Å²) in [5, 5.41) is 4.20. The molecule has 3 aromatic rings. The summed E-state index contributed by atoms with van der Waals surface area (Å²) in [7, 11) is 3.94. The number of benzene rings is 1.